The number of nitrogens with zero attached hydrogens (tertiary/aromatic N) is 1. The molecule has 0 saturated carbocycles. The summed E-state index contributed by atoms with van der Waals surface area (Å²) in [5, 5.41) is 8.90. The van der Waals surface area contributed by atoms with Crippen molar-refractivity contribution in [2.45, 2.75) is 11.8 Å². The third kappa shape index (κ3) is 4.00. The number of hydrogen-bond donors (Lipinski definition) is 1. The first-order chi connectivity index (χ1) is 9.61. The quantitative estimate of drug-likeness (QED) is 0.846. The molecule has 1 N–H and O–H groups in total. The summed E-state index contributed by atoms with van der Waals surface area (Å²) in [4.78, 5) is 10.6. The Kier molecular flexibility index (Phi) is 5.86. The molecular formula is C12H15Cl2NO5S. The molecular weight excluding hydrogens is 341 g/mol. The summed E-state index contributed by atoms with van der Waals surface area (Å²) in [5.74, 6) is -1.68. The smallest absolute Gasteiger partial charge is 0.307 e. The molecule has 6 nitrogen and oxygen atoms in total. The van der Waals surface area contributed by atoms with Crippen LogP contribution in [0.25, 0.3) is 0 Å². The van der Waals surface area contributed by atoms with E-state index in [1.54, 1.807) is 0 Å². The van der Waals surface area contributed by atoms with Crippen LogP contribution in [0.3, 0.4) is 0 Å². The molecule has 1 rings (SSSR count). The molecule has 1 atom stereocenters. The first-order valence-electron chi connectivity index (χ1n) is 5.83. The number of carbonyl (C=O) groups is 1. The molecule has 1 unspecified atom stereocenters. The summed E-state index contributed by atoms with van der Waals surface area (Å²) in [6.45, 7) is 1.23. The highest BCUT2D eigenvalue weighted by molar-refractivity contribution is 7.89. The Balaban J connectivity index is 3.19. The standard InChI is InChI=1S/C12H15Cl2NO5S/c1-7(12(16)17)6-15(2)21(18,19)11-5-8(13)10(20-3)4-9(11)14/h4-5,7H,6H2,1-3H3,(H,16,17). The fourth-order valence-electron chi connectivity index (χ4n) is 1.59. The highest BCUT2D eigenvalue weighted by atomic mass is 35.5. The predicted molar refractivity (Wildman–Crippen MR) is 79.6 cm³/mol. The lowest BCUT2D eigenvalue weighted by molar-refractivity contribution is -0.141. The molecule has 0 amide bonds. The van der Waals surface area contributed by atoms with Crippen LogP contribution >= 0.6 is 23.2 Å². The summed E-state index contributed by atoms with van der Waals surface area (Å²) < 4.78 is 30.7. The largest absolute Gasteiger partial charge is 0.495 e. The molecule has 1 aromatic rings. The van der Waals surface area contributed by atoms with Crippen molar-refractivity contribution in [2.75, 3.05) is 20.7 Å². The van der Waals surface area contributed by atoms with Crippen LogP contribution in [0.15, 0.2) is 17.0 Å². The highest BCUT2D eigenvalue weighted by Crippen LogP contribution is 2.34. The van der Waals surface area contributed by atoms with Crippen LogP contribution in [0.5, 0.6) is 5.75 Å². The van der Waals surface area contributed by atoms with Crippen molar-refractivity contribution >= 4 is 39.2 Å². The summed E-state index contributed by atoms with van der Waals surface area (Å²) >= 11 is 11.9. The van der Waals surface area contributed by atoms with Gasteiger partial charge in [-0.1, -0.05) is 30.1 Å². The van der Waals surface area contributed by atoms with Crippen molar-refractivity contribution in [1.29, 1.82) is 0 Å². The molecule has 0 bridgehead atoms. The molecule has 0 aliphatic carbocycles. The van der Waals surface area contributed by atoms with Crippen molar-refractivity contribution in [3.05, 3.63) is 22.2 Å². The number of aliphatic carboxylic acids is 1. The third-order valence-corrected chi connectivity index (χ3v) is 5.43. The lowest BCUT2D eigenvalue weighted by Gasteiger charge is -2.20. The van der Waals surface area contributed by atoms with E-state index in [-0.39, 0.29) is 27.2 Å². The van der Waals surface area contributed by atoms with Gasteiger partial charge in [0.2, 0.25) is 10.0 Å². The summed E-state index contributed by atoms with van der Waals surface area (Å²) in [7, 11) is -1.29. The van der Waals surface area contributed by atoms with Gasteiger partial charge in [-0.05, 0) is 6.07 Å². The first kappa shape index (κ1) is 18.0. The van der Waals surface area contributed by atoms with Gasteiger partial charge in [0.15, 0.2) is 0 Å². The van der Waals surface area contributed by atoms with Gasteiger partial charge in [-0.15, -0.1) is 0 Å². The average Bonchev–Trinajstić information content (AvgIpc) is 2.40. The topological polar surface area (TPSA) is 83.9 Å². The van der Waals surface area contributed by atoms with Crippen LogP contribution < -0.4 is 4.74 Å². The van der Waals surface area contributed by atoms with E-state index >= 15 is 0 Å². The number of rotatable bonds is 6. The van der Waals surface area contributed by atoms with E-state index in [4.69, 9.17) is 33.0 Å². The maximum absolute atomic E-state index is 12.4. The Morgan fingerprint density at radius 3 is 2.43 bits per heavy atom. The van der Waals surface area contributed by atoms with Crippen molar-refractivity contribution in [3.63, 3.8) is 0 Å². The van der Waals surface area contributed by atoms with E-state index in [9.17, 15) is 13.2 Å². The average molecular weight is 356 g/mol. The molecule has 9 heteroatoms. The molecule has 21 heavy (non-hydrogen) atoms. The molecule has 0 saturated heterocycles. The summed E-state index contributed by atoms with van der Waals surface area (Å²) in [6.07, 6.45) is 0. The monoisotopic (exact) mass is 355 g/mol. The Bertz CT molecular complexity index is 647. The maximum Gasteiger partial charge on any atom is 0.307 e. The van der Waals surface area contributed by atoms with E-state index in [0.717, 1.165) is 4.31 Å². The number of benzene rings is 1. The van der Waals surface area contributed by atoms with E-state index in [0.29, 0.717) is 0 Å². The van der Waals surface area contributed by atoms with Gasteiger partial charge in [-0.25, -0.2) is 12.7 Å². The Morgan fingerprint density at radius 1 is 1.38 bits per heavy atom. The minimum atomic E-state index is -3.95. The van der Waals surface area contributed by atoms with E-state index in [1.807, 2.05) is 0 Å². The first-order valence-corrected chi connectivity index (χ1v) is 8.03. The fraction of sp³-hybridized carbons (Fsp3) is 0.417. The lowest BCUT2D eigenvalue weighted by Crippen LogP contribution is -2.33. The molecule has 0 aliphatic heterocycles. The van der Waals surface area contributed by atoms with Gasteiger partial charge in [0.1, 0.15) is 10.6 Å². The number of hydrogen-bond acceptors (Lipinski definition) is 4. The van der Waals surface area contributed by atoms with Gasteiger partial charge in [0.05, 0.1) is 23.1 Å². The van der Waals surface area contributed by atoms with Gasteiger partial charge in [-0.2, -0.15) is 0 Å². The minimum Gasteiger partial charge on any atom is -0.495 e. The Hall–Kier alpha value is -1.02. The zero-order valence-corrected chi connectivity index (χ0v) is 14.0. The number of ether oxygens (including phenoxy) is 1. The van der Waals surface area contributed by atoms with Crippen LogP contribution in [0, 0.1) is 5.92 Å². The van der Waals surface area contributed by atoms with Crippen molar-refractivity contribution in [1.82, 2.24) is 4.31 Å². The molecule has 118 valence electrons. The summed E-state index contributed by atoms with van der Waals surface area (Å²) in [5.41, 5.74) is 0. The van der Waals surface area contributed by atoms with Gasteiger partial charge < -0.3 is 9.84 Å². The zero-order chi connectivity index (χ0) is 16.4. The fourth-order valence-corrected chi connectivity index (χ4v) is 3.67. The molecule has 0 aliphatic rings. The van der Waals surface area contributed by atoms with Gasteiger partial charge >= 0.3 is 5.97 Å². The second kappa shape index (κ2) is 6.83. The second-order valence-corrected chi connectivity index (χ2v) is 7.27. The second-order valence-electron chi connectivity index (χ2n) is 4.44. The number of methoxy groups -OCH3 is 1. The van der Waals surface area contributed by atoms with Crippen molar-refractivity contribution < 1.29 is 23.1 Å². The van der Waals surface area contributed by atoms with Crippen LogP contribution in [0.2, 0.25) is 10.0 Å². The molecule has 1 aromatic carbocycles. The van der Waals surface area contributed by atoms with Gasteiger partial charge in [-0.3, -0.25) is 4.79 Å². The lowest BCUT2D eigenvalue weighted by atomic mass is 10.2. The molecule has 0 heterocycles. The van der Waals surface area contributed by atoms with Gasteiger partial charge in [0, 0.05) is 19.7 Å². The van der Waals surface area contributed by atoms with Crippen LogP contribution in [-0.2, 0) is 14.8 Å². The van der Waals surface area contributed by atoms with Crippen LogP contribution in [0.1, 0.15) is 6.92 Å². The molecule has 0 aromatic heterocycles. The van der Waals surface area contributed by atoms with Crippen LogP contribution in [-0.4, -0.2) is 44.5 Å². The number of carboxylic acids is 1. The maximum atomic E-state index is 12.4. The third-order valence-electron chi connectivity index (χ3n) is 2.85. The number of halogens is 2. The Labute approximate surface area is 133 Å². The molecule has 0 fully saturated rings. The van der Waals surface area contributed by atoms with E-state index in [2.05, 4.69) is 0 Å². The zero-order valence-electron chi connectivity index (χ0n) is 11.6. The van der Waals surface area contributed by atoms with Crippen LogP contribution in [0.4, 0.5) is 0 Å². The summed E-state index contributed by atoms with van der Waals surface area (Å²) in [6, 6.07) is 2.48. The SMILES string of the molecule is COc1cc(Cl)c(S(=O)(=O)N(C)CC(C)C(=O)O)cc1Cl. The Morgan fingerprint density at radius 2 is 1.95 bits per heavy atom. The number of carboxylic acid groups (broad SMARTS) is 1. The predicted octanol–water partition coefficient (Wildman–Crippen LogP) is 2.34. The highest BCUT2D eigenvalue weighted by Gasteiger charge is 2.27. The molecule has 0 spiro atoms. The van der Waals surface area contributed by atoms with Crippen molar-refractivity contribution in [3.8, 4) is 5.75 Å². The van der Waals surface area contributed by atoms with E-state index < -0.39 is 21.9 Å². The molecule has 0 radical (unpaired) electrons. The number of sulfonamides is 1. The minimum absolute atomic E-state index is 0.0499. The van der Waals surface area contributed by atoms with Gasteiger partial charge in [0.25, 0.3) is 0 Å². The normalized spacial score (nSPS) is 13.2. The van der Waals surface area contributed by atoms with E-state index in [1.165, 1.54) is 33.2 Å². The van der Waals surface area contributed by atoms with Crippen molar-refractivity contribution in [2.24, 2.45) is 5.92 Å².